The van der Waals surface area contributed by atoms with E-state index in [1.165, 1.54) is 0 Å². The SMILES string of the molecule is Cc1ccc(C(=O)c2ccc(N)cc2)c(Cl)c1. The first-order chi connectivity index (χ1) is 8.08. The van der Waals surface area contributed by atoms with E-state index >= 15 is 0 Å². The average molecular weight is 246 g/mol. The molecule has 0 aromatic heterocycles. The number of carbonyl (C=O) groups excluding carboxylic acids is 1. The molecule has 0 radical (unpaired) electrons. The van der Waals surface area contributed by atoms with Crippen LogP contribution in [0.1, 0.15) is 21.5 Å². The van der Waals surface area contributed by atoms with Crippen molar-refractivity contribution in [3.05, 3.63) is 64.2 Å². The number of ketones is 1. The molecule has 0 saturated carbocycles. The predicted molar refractivity (Wildman–Crippen MR) is 70.5 cm³/mol. The fraction of sp³-hybridized carbons (Fsp3) is 0.0714. The monoisotopic (exact) mass is 245 g/mol. The van der Waals surface area contributed by atoms with Gasteiger partial charge in [-0.25, -0.2) is 0 Å². The summed E-state index contributed by atoms with van der Waals surface area (Å²) in [6, 6.07) is 12.2. The molecule has 0 unspecified atom stereocenters. The first-order valence-electron chi connectivity index (χ1n) is 5.24. The maximum absolute atomic E-state index is 12.2. The highest BCUT2D eigenvalue weighted by Crippen LogP contribution is 2.21. The van der Waals surface area contributed by atoms with Crippen molar-refractivity contribution in [2.24, 2.45) is 0 Å². The van der Waals surface area contributed by atoms with Crippen molar-refractivity contribution in [2.75, 3.05) is 5.73 Å². The van der Waals surface area contributed by atoms with Gasteiger partial charge in [0.25, 0.3) is 0 Å². The van der Waals surface area contributed by atoms with Crippen molar-refractivity contribution in [1.29, 1.82) is 0 Å². The van der Waals surface area contributed by atoms with Crippen molar-refractivity contribution in [1.82, 2.24) is 0 Å². The number of hydrogen-bond donors (Lipinski definition) is 1. The van der Waals surface area contributed by atoms with Crippen LogP contribution >= 0.6 is 11.6 Å². The number of nitrogen functional groups attached to an aromatic ring is 1. The van der Waals surface area contributed by atoms with Gasteiger partial charge in [0.05, 0.1) is 5.02 Å². The zero-order valence-corrected chi connectivity index (χ0v) is 10.2. The fourth-order valence-electron chi connectivity index (χ4n) is 1.59. The molecule has 17 heavy (non-hydrogen) atoms. The molecule has 0 aliphatic carbocycles. The van der Waals surface area contributed by atoms with E-state index in [0.717, 1.165) is 5.56 Å². The van der Waals surface area contributed by atoms with Crippen molar-refractivity contribution in [3.63, 3.8) is 0 Å². The number of benzene rings is 2. The second-order valence-corrected chi connectivity index (χ2v) is 4.34. The van der Waals surface area contributed by atoms with E-state index in [0.29, 0.717) is 21.8 Å². The molecule has 0 fully saturated rings. The Labute approximate surface area is 105 Å². The molecule has 0 heterocycles. The fourth-order valence-corrected chi connectivity index (χ4v) is 1.92. The number of carbonyl (C=O) groups is 1. The summed E-state index contributed by atoms with van der Waals surface area (Å²) in [4.78, 5) is 12.2. The topological polar surface area (TPSA) is 43.1 Å². The van der Waals surface area contributed by atoms with Gasteiger partial charge in [-0.05, 0) is 48.9 Å². The van der Waals surface area contributed by atoms with Crippen LogP contribution < -0.4 is 5.73 Å². The van der Waals surface area contributed by atoms with Crippen LogP contribution in [-0.4, -0.2) is 5.78 Å². The van der Waals surface area contributed by atoms with Crippen molar-refractivity contribution >= 4 is 23.1 Å². The van der Waals surface area contributed by atoms with Gasteiger partial charge in [0.2, 0.25) is 0 Å². The molecule has 2 aromatic carbocycles. The third-order valence-electron chi connectivity index (χ3n) is 2.54. The summed E-state index contributed by atoms with van der Waals surface area (Å²) in [5.41, 5.74) is 8.35. The zero-order valence-electron chi connectivity index (χ0n) is 9.41. The molecule has 3 heteroatoms. The van der Waals surface area contributed by atoms with Crippen LogP contribution in [0.15, 0.2) is 42.5 Å². The van der Waals surface area contributed by atoms with Crippen molar-refractivity contribution in [2.45, 2.75) is 6.92 Å². The maximum atomic E-state index is 12.2. The summed E-state index contributed by atoms with van der Waals surface area (Å²) in [5, 5.41) is 0.479. The van der Waals surface area contributed by atoms with Crippen molar-refractivity contribution in [3.8, 4) is 0 Å². The number of rotatable bonds is 2. The van der Waals surface area contributed by atoms with Gasteiger partial charge in [0.1, 0.15) is 0 Å². The number of halogens is 1. The largest absolute Gasteiger partial charge is 0.399 e. The van der Waals surface area contributed by atoms with Gasteiger partial charge in [-0.15, -0.1) is 0 Å². The van der Waals surface area contributed by atoms with E-state index in [1.807, 2.05) is 13.0 Å². The Bertz CT molecular complexity index is 561. The first kappa shape index (κ1) is 11.7. The molecule has 2 N–H and O–H groups in total. The van der Waals surface area contributed by atoms with E-state index in [4.69, 9.17) is 17.3 Å². The number of hydrogen-bond acceptors (Lipinski definition) is 2. The van der Waals surface area contributed by atoms with E-state index in [-0.39, 0.29) is 5.78 Å². The molecule has 0 atom stereocenters. The lowest BCUT2D eigenvalue weighted by molar-refractivity contribution is 0.103. The molecular formula is C14H12ClNO. The summed E-state index contributed by atoms with van der Waals surface area (Å²) in [7, 11) is 0. The van der Waals surface area contributed by atoms with E-state index < -0.39 is 0 Å². The molecule has 2 aromatic rings. The predicted octanol–water partition coefficient (Wildman–Crippen LogP) is 3.46. The lowest BCUT2D eigenvalue weighted by Crippen LogP contribution is -2.02. The molecule has 0 spiro atoms. The van der Waals surface area contributed by atoms with Crippen molar-refractivity contribution < 1.29 is 4.79 Å². The summed E-state index contributed by atoms with van der Waals surface area (Å²) in [6.45, 7) is 1.93. The van der Waals surface area contributed by atoms with E-state index in [9.17, 15) is 4.79 Å². The van der Waals surface area contributed by atoms with Gasteiger partial charge in [-0.1, -0.05) is 17.7 Å². The molecule has 2 nitrogen and oxygen atoms in total. The Balaban J connectivity index is 2.40. The minimum atomic E-state index is -0.0880. The van der Waals surface area contributed by atoms with Crippen LogP contribution in [0.25, 0.3) is 0 Å². The van der Waals surface area contributed by atoms with Gasteiger partial charge < -0.3 is 5.73 Å². The summed E-state index contributed by atoms with van der Waals surface area (Å²) in [6.07, 6.45) is 0. The molecule has 86 valence electrons. The second kappa shape index (κ2) is 4.60. The minimum Gasteiger partial charge on any atom is -0.399 e. The summed E-state index contributed by atoms with van der Waals surface area (Å²) < 4.78 is 0. The molecular weight excluding hydrogens is 234 g/mol. The Hall–Kier alpha value is -1.80. The average Bonchev–Trinajstić information content (AvgIpc) is 2.29. The molecule has 0 aliphatic rings. The quantitative estimate of drug-likeness (QED) is 0.650. The van der Waals surface area contributed by atoms with E-state index in [1.54, 1.807) is 36.4 Å². The Morgan fingerprint density at radius 2 is 1.76 bits per heavy atom. The Morgan fingerprint density at radius 1 is 1.12 bits per heavy atom. The normalized spacial score (nSPS) is 10.2. The Morgan fingerprint density at radius 3 is 2.35 bits per heavy atom. The third-order valence-corrected chi connectivity index (χ3v) is 2.85. The van der Waals surface area contributed by atoms with Gasteiger partial charge in [0, 0.05) is 16.8 Å². The zero-order chi connectivity index (χ0) is 12.4. The van der Waals surface area contributed by atoms with Gasteiger partial charge >= 0.3 is 0 Å². The molecule has 0 bridgehead atoms. The number of anilines is 1. The number of nitrogens with two attached hydrogens (primary N) is 1. The molecule has 2 rings (SSSR count). The Kier molecular flexibility index (Phi) is 3.16. The van der Waals surface area contributed by atoms with Crippen LogP contribution in [-0.2, 0) is 0 Å². The highest BCUT2D eigenvalue weighted by atomic mass is 35.5. The smallest absolute Gasteiger partial charge is 0.194 e. The molecule has 0 amide bonds. The first-order valence-corrected chi connectivity index (χ1v) is 5.62. The third kappa shape index (κ3) is 2.48. The summed E-state index contributed by atoms with van der Waals surface area (Å²) >= 11 is 6.06. The molecule has 0 aliphatic heterocycles. The molecule has 0 saturated heterocycles. The van der Waals surface area contributed by atoms with Gasteiger partial charge in [-0.3, -0.25) is 4.79 Å². The van der Waals surface area contributed by atoms with Crippen LogP contribution in [0.2, 0.25) is 5.02 Å². The lowest BCUT2D eigenvalue weighted by Gasteiger charge is -2.05. The highest BCUT2D eigenvalue weighted by Gasteiger charge is 2.12. The number of aryl methyl sites for hydroxylation is 1. The lowest BCUT2D eigenvalue weighted by atomic mass is 10.0. The van der Waals surface area contributed by atoms with Crippen LogP contribution in [0, 0.1) is 6.92 Å². The second-order valence-electron chi connectivity index (χ2n) is 3.93. The van der Waals surface area contributed by atoms with Gasteiger partial charge in [0.15, 0.2) is 5.78 Å². The van der Waals surface area contributed by atoms with Gasteiger partial charge in [-0.2, -0.15) is 0 Å². The standard InChI is InChI=1S/C14H12ClNO/c1-9-2-7-12(13(15)8-9)14(17)10-3-5-11(16)6-4-10/h2-8H,16H2,1H3. The van der Waals surface area contributed by atoms with Crippen LogP contribution in [0.4, 0.5) is 5.69 Å². The van der Waals surface area contributed by atoms with Crippen LogP contribution in [0.3, 0.4) is 0 Å². The minimum absolute atomic E-state index is 0.0880. The van der Waals surface area contributed by atoms with E-state index in [2.05, 4.69) is 0 Å². The highest BCUT2D eigenvalue weighted by molar-refractivity contribution is 6.35. The van der Waals surface area contributed by atoms with Crippen LogP contribution in [0.5, 0.6) is 0 Å². The maximum Gasteiger partial charge on any atom is 0.194 e. The summed E-state index contributed by atoms with van der Waals surface area (Å²) in [5.74, 6) is -0.0880.